The largest absolute Gasteiger partial charge is 0.383 e. The second-order valence-corrected chi connectivity index (χ2v) is 7.82. The summed E-state index contributed by atoms with van der Waals surface area (Å²) < 4.78 is 45.7. The monoisotopic (exact) mass is 500 g/mol. The second-order valence-electron chi connectivity index (χ2n) is 7.82. The Labute approximate surface area is 212 Å². The molecular weight excluding hydrogens is 478 g/mol. The van der Waals surface area contributed by atoms with Gasteiger partial charge in [0.1, 0.15) is 36.6 Å². The van der Waals surface area contributed by atoms with Gasteiger partial charge in [0, 0.05) is 48.9 Å². The maximum Gasteiger partial charge on any atom is 0.176 e. The third-order valence-corrected chi connectivity index (χ3v) is 5.34. The zero-order valence-corrected chi connectivity index (χ0v) is 20.1. The third kappa shape index (κ3) is 5.91. The number of nitrogens with zero attached hydrogens (tertiary/aromatic N) is 2. The molecule has 186 valence electrons. The van der Waals surface area contributed by atoms with Crippen molar-refractivity contribution in [2.45, 2.75) is 6.10 Å². The van der Waals surface area contributed by atoms with Crippen molar-refractivity contribution in [3.8, 4) is 46.3 Å². The van der Waals surface area contributed by atoms with E-state index in [-0.39, 0.29) is 41.4 Å². The minimum absolute atomic E-state index is 0.0311. The molecule has 8 heteroatoms. The summed E-state index contributed by atoms with van der Waals surface area (Å²) in [5.41, 5.74) is 1.50. The molecule has 0 aliphatic heterocycles. The Morgan fingerprint density at radius 3 is 2.08 bits per heavy atom. The molecule has 0 bridgehead atoms. The molecule has 2 heterocycles. The Morgan fingerprint density at radius 2 is 1.54 bits per heavy atom. The van der Waals surface area contributed by atoms with E-state index in [9.17, 15) is 5.11 Å². The lowest BCUT2D eigenvalue weighted by Gasteiger charge is -2.13. The lowest BCUT2D eigenvalue weighted by atomic mass is 9.94. The summed E-state index contributed by atoms with van der Waals surface area (Å²) in [5, 5.41) is 15.3. The van der Waals surface area contributed by atoms with E-state index in [1.807, 2.05) is 0 Å². The summed E-state index contributed by atoms with van der Waals surface area (Å²) in [6, 6.07) is 12.0. The van der Waals surface area contributed by atoms with Crippen molar-refractivity contribution in [3.63, 3.8) is 0 Å². The van der Waals surface area contributed by atoms with Gasteiger partial charge in [0.05, 0.1) is 11.1 Å². The molecule has 0 radical (unpaired) electrons. The zero-order valence-electron chi connectivity index (χ0n) is 20.1. The van der Waals surface area contributed by atoms with E-state index in [4.69, 9.17) is 14.0 Å². The van der Waals surface area contributed by atoms with Crippen LogP contribution in [0.3, 0.4) is 0 Å². The van der Waals surface area contributed by atoms with Crippen molar-refractivity contribution >= 4 is 0 Å². The summed E-state index contributed by atoms with van der Waals surface area (Å²) >= 11 is 0. The number of benzene rings is 2. The predicted molar refractivity (Wildman–Crippen MR) is 133 cm³/mol. The molecule has 1 unspecified atom stereocenters. The first-order valence-corrected chi connectivity index (χ1v) is 11.2. The number of ether oxygens (including phenoxy) is 2. The molecule has 0 saturated heterocycles. The molecule has 2 aromatic heterocycles. The molecule has 4 rings (SSSR count). The van der Waals surface area contributed by atoms with Crippen LogP contribution in [-0.2, 0) is 9.47 Å². The fourth-order valence-electron chi connectivity index (χ4n) is 3.63. The van der Waals surface area contributed by atoms with Crippen LogP contribution < -0.4 is 0 Å². The Hall–Kier alpha value is -4.34. The van der Waals surface area contributed by atoms with E-state index in [1.165, 1.54) is 44.7 Å². The molecular formula is C29H22F2N2O4. The van der Waals surface area contributed by atoms with E-state index in [0.717, 1.165) is 0 Å². The van der Waals surface area contributed by atoms with Gasteiger partial charge in [0.2, 0.25) is 0 Å². The van der Waals surface area contributed by atoms with Crippen LogP contribution in [0.2, 0.25) is 0 Å². The van der Waals surface area contributed by atoms with Crippen LogP contribution in [0.1, 0.15) is 28.4 Å². The summed E-state index contributed by atoms with van der Waals surface area (Å²) in [5.74, 6) is 9.82. The van der Waals surface area contributed by atoms with E-state index < -0.39 is 17.7 Å². The Kier molecular flexibility index (Phi) is 8.40. The smallest absolute Gasteiger partial charge is 0.176 e. The average molecular weight is 501 g/mol. The molecule has 2 aromatic carbocycles. The molecule has 0 spiro atoms. The third-order valence-electron chi connectivity index (χ3n) is 5.34. The zero-order chi connectivity index (χ0) is 26.2. The molecule has 0 saturated carbocycles. The minimum Gasteiger partial charge on any atom is -0.383 e. The first-order valence-electron chi connectivity index (χ1n) is 11.2. The van der Waals surface area contributed by atoms with Gasteiger partial charge in [0.25, 0.3) is 0 Å². The van der Waals surface area contributed by atoms with Crippen molar-refractivity contribution in [1.29, 1.82) is 0 Å². The molecule has 37 heavy (non-hydrogen) atoms. The van der Waals surface area contributed by atoms with Crippen molar-refractivity contribution in [2.75, 3.05) is 27.4 Å². The van der Waals surface area contributed by atoms with E-state index in [0.29, 0.717) is 16.7 Å². The fraction of sp³-hybridized carbons (Fsp3) is 0.172. The Morgan fingerprint density at radius 1 is 0.919 bits per heavy atom. The lowest BCUT2D eigenvalue weighted by molar-refractivity contribution is 0.220. The van der Waals surface area contributed by atoms with Gasteiger partial charge in [-0.2, -0.15) is 0 Å². The number of aliphatic hydroxyl groups is 1. The minimum atomic E-state index is -1.33. The van der Waals surface area contributed by atoms with Crippen LogP contribution in [-0.4, -0.2) is 42.7 Å². The molecule has 1 N–H and O–H groups in total. The highest BCUT2D eigenvalue weighted by Gasteiger charge is 2.29. The van der Waals surface area contributed by atoms with Crippen LogP contribution in [0, 0.1) is 35.3 Å². The van der Waals surface area contributed by atoms with Crippen LogP contribution in [0.5, 0.6) is 0 Å². The first-order chi connectivity index (χ1) is 18.0. The van der Waals surface area contributed by atoms with Gasteiger partial charge in [0.15, 0.2) is 5.76 Å². The molecule has 4 aromatic rings. The van der Waals surface area contributed by atoms with Gasteiger partial charge in [-0.3, -0.25) is 4.98 Å². The molecule has 0 aliphatic carbocycles. The van der Waals surface area contributed by atoms with E-state index in [1.54, 1.807) is 30.5 Å². The maximum absolute atomic E-state index is 15.2. The Bertz CT molecular complexity index is 1420. The number of rotatable bonds is 6. The highest BCUT2D eigenvalue weighted by atomic mass is 19.1. The van der Waals surface area contributed by atoms with Crippen molar-refractivity contribution in [2.24, 2.45) is 0 Å². The summed E-state index contributed by atoms with van der Waals surface area (Å²) in [7, 11) is 3.03. The fourth-order valence-corrected chi connectivity index (χ4v) is 3.63. The average Bonchev–Trinajstić information content (AvgIpc) is 3.33. The topological polar surface area (TPSA) is 77.6 Å². The highest BCUT2D eigenvalue weighted by molar-refractivity contribution is 5.75. The van der Waals surface area contributed by atoms with Crippen LogP contribution in [0.25, 0.3) is 22.6 Å². The van der Waals surface area contributed by atoms with Gasteiger partial charge < -0.3 is 19.1 Å². The number of pyridine rings is 1. The van der Waals surface area contributed by atoms with Gasteiger partial charge >= 0.3 is 0 Å². The molecule has 1 atom stereocenters. The van der Waals surface area contributed by atoms with Crippen LogP contribution in [0.15, 0.2) is 65.4 Å². The molecule has 6 nitrogen and oxygen atoms in total. The molecule has 0 amide bonds. The summed E-state index contributed by atoms with van der Waals surface area (Å²) in [6.07, 6.45) is 1.68. The quantitative estimate of drug-likeness (QED) is 0.385. The van der Waals surface area contributed by atoms with Gasteiger partial charge in [-0.05, 0) is 42.5 Å². The highest BCUT2D eigenvalue weighted by Crippen LogP contribution is 2.40. The van der Waals surface area contributed by atoms with Crippen molar-refractivity contribution < 1.29 is 27.9 Å². The number of halogens is 2. The second kappa shape index (κ2) is 12.1. The molecule has 0 fully saturated rings. The SMILES string of the molecule is COCC#Cc1ccc(-c2noc(-c3ccc(C#CCOC)cc3F)c2C(O)c2cccnc2)c(F)c1. The van der Waals surface area contributed by atoms with Crippen molar-refractivity contribution in [3.05, 3.63) is 94.8 Å². The maximum atomic E-state index is 15.2. The number of aromatic nitrogens is 2. The van der Waals surface area contributed by atoms with Crippen LogP contribution >= 0.6 is 0 Å². The lowest BCUT2D eigenvalue weighted by Crippen LogP contribution is -2.04. The normalized spacial score (nSPS) is 11.3. The van der Waals surface area contributed by atoms with E-state index >= 15 is 8.78 Å². The van der Waals surface area contributed by atoms with Gasteiger partial charge in [-0.1, -0.05) is 34.9 Å². The summed E-state index contributed by atoms with van der Waals surface area (Å²) in [4.78, 5) is 4.04. The Balaban J connectivity index is 1.83. The standard InChI is InChI=1S/C29H22F2N2O4/c1-35-14-4-6-19-9-11-22(24(30)16-19)27-26(28(34)21-8-3-13-32-18-21)29(37-33-27)23-12-10-20(17-25(23)31)7-5-15-36-2/h3,8-13,16-18,28,34H,14-15H2,1-2H3. The number of hydrogen-bond acceptors (Lipinski definition) is 6. The first kappa shape index (κ1) is 25.7. The molecule has 0 aliphatic rings. The number of methoxy groups -OCH3 is 2. The number of aliphatic hydroxyl groups excluding tert-OH is 1. The van der Waals surface area contributed by atoms with E-state index in [2.05, 4.69) is 33.8 Å². The van der Waals surface area contributed by atoms with Gasteiger partial charge in [-0.15, -0.1) is 0 Å². The van der Waals surface area contributed by atoms with Crippen LogP contribution in [0.4, 0.5) is 8.78 Å². The summed E-state index contributed by atoms with van der Waals surface area (Å²) in [6.45, 7) is 0.415. The van der Waals surface area contributed by atoms with Gasteiger partial charge in [-0.25, -0.2) is 8.78 Å². The number of hydrogen-bond donors (Lipinski definition) is 1. The predicted octanol–water partition coefficient (Wildman–Crippen LogP) is 4.76. The van der Waals surface area contributed by atoms with Crippen molar-refractivity contribution in [1.82, 2.24) is 10.1 Å².